The summed E-state index contributed by atoms with van der Waals surface area (Å²) in [7, 11) is -4.00. The molecule has 246 valence electrons. The molecule has 2 aromatic carbocycles. The van der Waals surface area contributed by atoms with E-state index in [1.54, 1.807) is 25.3 Å². The largest absolute Gasteiger partial charge is 0.497 e. The van der Waals surface area contributed by atoms with Crippen LogP contribution < -0.4 is 14.8 Å². The van der Waals surface area contributed by atoms with Crippen LogP contribution in [0.5, 0.6) is 11.5 Å². The number of aromatic nitrogens is 2. The molecule has 0 unspecified atom stereocenters. The van der Waals surface area contributed by atoms with Crippen LogP contribution in [0.25, 0.3) is 0 Å². The molecule has 1 aromatic heterocycles. The quantitative estimate of drug-likeness (QED) is 0.250. The number of benzene rings is 2. The Labute approximate surface area is 270 Å². The van der Waals surface area contributed by atoms with Gasteiger partial charge < -0.3 is 19.2 Å². The van der Waals surface area contributed by atoms with E-state index < -0.39 is 18.3 Å². The van der Waals surface area contributed by atoms with Gasteiger partial charge in [-0.15, -0.1) is 0 Å². The third-order valence-corrected chi connectivity index (χ3v) is 15.8. The minimum absolute atomic E-state index is 0.169. The van der Waals surface area contributed by atoms with Crippen LogP contribution in [-0.4, -0.2) is 57.2 Å². The zero-order valence-corrected chi connectivity index (χ0v) is 30.1. The van der Waals surface area contributed by atoms with Gasteiger partial charge in [0.25, 0.3) is 0 Å². The lowest BCUT2D eigenvalue weighted by Crippen LogP contribution is -2.43. The molecule has 3 aromatic rings. The Morgan fingerprint density at radius 3 is 2.38 bits per heavy atom. The van der Waals surface area contributed by atoms with E-state index >= 15 is 0 Å². The molecular weight excluding hydrogens is 605 g/mol. The minimum Gasteiger partial charge on any atom is -0.497 e. The molecule has 0 radical (unpaired) electrons. The van der Waals surface area contributed by atoms with E-state index in [-0.39, 0.29) is 41.3 Å². The number of hydrogen-bond donors (Lipinski definition) is 1. The molecular formula is C34H50N4O5SSi. The highest BCUT2D eigenvalue weighted by atomic mass is 32.2. The molecule has 0 bridgehead atoms. The van der Waals surface area contributed by atoms with Crippen LogP contribution in [0.4, 0.5) is 11.5 Å². The summed E-state index contributed by atoms with van der Waals surface area (Å²) >= 11 is 0. The fourth-order valence-electron chi connectivity index (χ4n) is 5.78. The van der Waals surface area contributed by atoms with Gasteiger partial charge in [-0.2, -0.15) is 9.40 Å². The molecule has 0 amide bonds. The van der Waals surface area contributed by atoms with Gasteiger partial charge in [-0.3, -0.25) is 0 Å². The van der Waals surface area contributed by atoms with Crippen molar-refractivity contribution < 1.29 is 22.3 Å². The molecule has 2 aliphatic rings. The molecule has 1 N–H and O–H groups in total. The van der Waals surface area contributed by atoms with Gasteiger partial charge in [0, 0.05) is 42.9 Å². The van der Waals surface area contributed by atoms with Crippen LogP contribution in [-0.2, 0) is 26.5 Å². The van der Waals surface area contributed by atoms with Crippen molar-refractivity contribution in [2.45, 2.75) is 108 Å². The van der Waals surface area contributed by atoms with Gasteiger partial charge in [0.05, 0.1) is 18.3 Å². The lowest BCUT2D eigenvalue weighted by Gasteiger charge is -2.38. The summed E-state index contributed by atoms with van der Waals surface area (Å²) in [5.74, 6) is 2.28. The Balaban J connectivity index is 1.35. The zero-order chi connectivity index (χ0) is 32.8. The monoisotopic (exact) mass is 654 g/mol. The van der Waals surface area contributed by atoms with Crippen LogP contribution in [0, 0.1) is 0 Å². The van der Waals surface area contributed by atoms with E-state index in [0.29, 0.717) is 11.7 Å². The number of fused-ring (bicyclic) bond motifs is 1. The summed E-state index contributed by atoms with van der Waals surface area (Å²) in [5.41, 5.74) is 2.43. The Bertz CT molecular complexity index is 1610. The molecule has 1 fully saturated rings. The summed E-state index contributed by atoms with van der Waals surface area (Å²) in [5, 5.41) is 8.80. The van der Waals surface area contributed by atoms with Crippen molar-refractivity contribution in [1.82, 2.24) is 14.1 Å². The van der Waals surface area contributed by atoms with Crippen LogP contribution in [0.2, 0.25) is 18.1 Å². The molecule has 0 saturated heterocycles. The van der Waals surface area contributed by atoms with Crippen LogP contribution in [0.15, 0.2) is 53.4 Å². The number of sulfonamides is 1. The molecule has 45 heavy (non-hydrogen) atoms. The first kappa shape index (κ1) is 33.5. The lowest BCUT2D eigenvalue weighted by molar-refractivity contribution is 0.186. The number of rotatable bonds is 8. The molecule has 2 atom stereocenters. The smallest absolute Gasteiger partial charge is 0.247 e. The summed E-state index contributed by atoms with van der Waals surface area (Å²) in [4.78, 5) is 0.169. The molecule has 1 saturated carbocycles. The standard InChI is InChI=1S/C34H50N4O5SSi/c1-33(2,3)38-32(22-29(36-38)25-12-16-28(20-25)43-45(8,9)34(4,5)6)35-26-13-17-31-30(21-26)42-19-18-37(44(31,39)40)23-24-10-14-27(41-7)15-11-24/h10-11,13-15,17,21-22,25,28,35H,12,16,18-20,23H2,1-9H3/t25-,28+/m0/s1. The van der Waals surface area contributed by atoms with E-state index in [4.69, 9.17) is 19.0 Å². The van der Waals surface area contributed by atoms with E-state index in [2.05, 4.69) is 66.0 Å². The summed E-state index contributed by atoms with van der Waals surface area (Å²) in [6.45, 7) is 18.7. The first-order valence-electron chi connectivity index (χ1n) is 15.9. The predicted molar refractivity (Wildman–Crippen MR) is 182 cm³/mol. The van der Waals surface area contributed by atoms with Crippen molar-refractivity contribution in [3.05, 3.63) is 59.8 Å². The molecule has 9 nitrogen and oxygen atoms in total. The second-order valence-electron chi connectivity index (χ2n) is 14.9. The van der Waals surface area contributed by atoms with Gasteiger partial charge in [-0.1, -0.05) is 32.9 Å². The van der Waals surface area contributed by atoms with Crippen molar-refractivity contribution in [2.75, 3.05) is 25.6 Å². The number of anilines is 2. The maximum absolute atomic E-state index is 13.7. The van der Waals surface area contributed by atoms with E-state index in [1.165, 1.54) is 4.31 Å². The molecule has 0 spiro atoms. The van der Waals surface area contributed by atoms with Crippen molar-refractivity contribution >= 4 is 29.8 Å². The Morgan fingerprint density at radius 2 is 1.73 bits per heavy atom. The average Bonchev–Trinajstić information content (AvgIpc) is 3.56. The van der Waals surface area contributed by atoms with Crippen molar-refractivity contribution in [3.8, 4) is 11.5 Å². The highest BCUT2D eigenvalue weighted by Gasteiger charge is 2.41. The molecule has 2 heterocycles. The van der Waals surface area contributed by atoms with Crippen molar-refractivity contribution in [2.24, 2.45) is 0 Å². The Hall–Kier alpha value is -2.86. The van der Waals surface area contributed by atoms with Gasteiger partial charge in [-0.05, 0) is 88.0 Å². The molecule has 5 rings (SSSR count). The van der Waals surface area contributed by atoms with E-state index in [1.807, 2.05) is 28.9 Å². The lowest BCUT2D eigenvalue weighted by atomic mass is 10.0. The average molecular weight is 655 g/mol. The summed E-state index contributed by atoms with van der Waals surface area (Å²) in [6.07, 6.45) is 3.34. The number of hydrogen-bond acceptors (Lipinski definition) is 7. The highest BCUT2D eigenvalue weighted by molar-refractivity contribution is 7.89. The fourth-order valence-corrected chi connectivity index (χ4v) is 8.71. The number of nitrogens with one attached hydrogen (secondary N) is 1. The first-order chi connectivity index (χ1) is 21.0. The highest BCUT2D eigenvalue weighted by Crippen LogP contribution is 2.43. The maximum atomic E-state index is 13.7. The zero-order valence-electron chi connectivity index (χ0n) is 28.3. The van der Waals surface area contributed by atoms with Crippen LogP contribution in [0.3, 0.4) is 0 Å². The van der Waals surface area contributed by atoms with Crippen LogP contribution in [0.1, 0.15) is 78.0 Å². The number of nitrogens with zero attached hydrogens (tertiary/aromatic N) is 3. The van der Waals surface area contributed by atoms with E-state index in [9.17, 15) is 8.42 Å². The summed E-state index contributed by atoms with van der Waals surface area (Å²) in [6, 6.07) is 14.8. The third-order valence-electron chi connectivity index (χ3n) is 9.38. The number of methoxy groups -OCH3 is 1. The predicted octanol–water partition coefficient (Wildman–Crippen LogP) is 7.63. The fraction of sp³-hybridized carbons (Fsp3) is 0.559. The summed E-state index contributed by atoms with van der Waals surface area (Å²) < 4.78 is 48.9. The Kier molecular flexibility index (Phi) is 9.22. The normalized spacial score (nSPS) is 20.7. The second-order valence-corrected chi connectivity index (χ2v) is 21.5. The SMILES string of the molecule is COc1ccc(CN2CCOc3cc(Nc4cc([C@H]5CC[C@@H](O[Si](C)(C)C(C)(C)C)C5)nn4C(C)(C)C)ccc3S2(=O)=O)cc1. The van der Waals surface area contributed by atoms with Gasteiger partial charge in [0.15, 0.2) is 8.32 Å². The third kappa shape index (κ3) is 7.26. The molecule has 1 aliphatic heterocycles. The van der Waals surface area contributed by atoms with Crippen molar-refractivity contribution in [1.29, 1.82) is 0 Å². The molecule has 1 aliphatic carbocycles. The van der Waals surface area contributed by atoms with Crippen LogP contribution >= 0.6 is 0 Å². The van der Waals surface area contributed by atoms with Gasteiger partial charge in [-0.25, -0.2) is 13.1 Å². The van der Waals surface area contributed by atoms with Gasteiger partial charge >= 0.3 is 0 Å². The maximum Gasteiger partial charge on any atom is 0.247 e. The van der Waals surface area contributed by atoms with Gasteiger partial charge in [0.1, 0.15) is 28.8 Å². The molecule has 11 heteroatoms. The Morgan fingerprint density at radius 1 is 1.02 bits per heavy atom. The van der Waals surface area contributed by atoms with Gasteiger partial charge in [0.2, 0.25) is 10.0 Å². The number of ether oxygens (including phenoxy) is 2. The first-order valence-corrected chi connectivity index (χ1v) is 20.3. The second kappa shape index (κ2) is 12.4. The topological polar surface area (TPSA) is 94.9 Å². The van der Waals surface area contributed by atoms with E-state index in [0.717, 1.165) is 47.8 Å². The minimum atomic E-state index is -3.77. The van der Waals surface area contributed by atoms with Crippen molar-refractivity contribution in [3.63, 3.8) is 0 Å².